The lowest BCUT2D eigenvalue weighted by molar-refractivity contribution is -0.137. The molecule has 9 heteroatoms. The average Bonchev–Trinajstić information content (AvgIpc) is 2.43. The van der Waals surface area contributed by atoms with Crippen LogP contribution in [0, 0.1) is 0 Å². The molecule has 1 amide bonds. The Morgan fingerprint density at radius 2 is 1.65 bits per heavy atom. The van der Waals surface area contributed by atoms with Crippen LogP contribution in [0.15, 0.2) is 30.3 Å². The minimum Gasteiger partial charge on any atom is -0.398 e. The van der Waals surface area contributed by atoms with Gasteiger partial charge in [-0.3, -0.25) is 4.79 Å². The van der Waals surface area contributed by atoms with Crippen LogP contribution in [-0.4, -0.2) is 5.91 Å². The number of amides is 1. The van der Waals surface area contributed by atoms with Crippen molar-refractivity contribution in [1.82, 2.24) is 0 Å². The molecule has 0 fully saturated rings. The predicted molar refractivity (Wildman–Crippen MR) is 85.3 cm³/mol. The van der Waals surface area contributed by atoms with E-state index in [-0.39, 0.29) is 32.0 Å². The number of carbonyl (C=O) groups excluding carboxylic acids is 1. The van der Waals surface area contributed by atoms with Crippen LogP contribution in [0.1, 0.15) is 15.9 Å². The number of hydrogen-bond acceptors (Lipinski definition) is 2. The van der Waals surface area contributed by atoms with Gasteiger partial charge in [0, 0.05) is 0 Å². The molecule has 0 spiro atoms. The molecule has 3 N–H and O–H groups in total. The molecule has 0 aliphatic heterocycles. The van der Waals surface area contributed by atoms with Crippen LogP contribution in [0.4, 0.5) is 24.5 Å². The number of alkyl halides is 3. The molecule has 0 aliphatic rings. The van der Waals surface area contributed by atoms with Gasteiger partial charge in [0.25, 0.3) is 5.91 Å². The Labute approximate surface area is 144 Å². The van der Waals surface area contributed by atoms with Gasteiger partial charge in [0.1, 0.15) is 0 Å². The van der Waals surface area contributed by atoms with Crippen molar-refractivity contribution in [3.63, 3.8) is 0 Å². The molecule has 3 nitrogen and oxygen atoms in total. The van der Waals surface area contributed by atoms with Crippen LogP contribution >= 0.6 is 34.8 Å². The zero-order valence-electron chi connectivity index (χ0n) is 11.1. The number of nitrogen functional groups attached to an aromatic ring is 1. The third-order valence-corrected chi connectivity index (χ3v) is 3.84. The van der Waals surface area contributed by atoms with Crippen LogP contribution in [0.5, 0.6) is 0 Å². The molecular formula is C14H8Cl3F3N2O. The van der Waals surface area contributed by atoms with E-state index in [4.69, 9.17) is 40.5 Å². The van der Waals surface area contributed by atoms with Gasteiger partial charge in [0.15, 0.2) is 0 Å². The zero-order valence-corrected chi connectivity index (χ0v) is 13.4. The van der Waals surface area contributed by atoms with E-state index < -0.39 is 17.6 Å². The lowest BCUT2D eigenvalue weighted by Gasteiger charge is -2.12. The fourth-order valence-electron chi connectivity index (χ4n) is 1.73. The highest BCUT2D eigenvalue weighted by molar-refractivity contribution is 6.39. The second-order valence-electron chi connectivity index (χ2n) is 4.50. The summed E-state index contributed by atoms with van der Waals surface area (Å²) in [7, 11) is 0. The number of benzene rings is 2. The van der Waals surface area contributed by atoms with E-state index in [2.05, 4.69) is 5.32 Å². The number of halogens is 6. The summed E-state index contributed by atoms with van der Waals surface area (Å²) in [6.07, 6.45) is -4.56. The normalized spacial score (nSPS) is 11.4. The standard InChI is InChI=1S/C14H8Cl3F3N2O/c15-8-2-1-6(14(18,19)20)3-12(8)22-13(23)7-4-11(21)10(17)5-9(7)16/h1-5H,21H2,(H,22,23). The van der Waals surface area contributed by atoms with E-state index >= 15 is 0 Å². The molecule has 0 aromatic heterocycles. The molecule has 0 unspecified atom stereocenters. The minimum absolute atomic E-state index is 0.00444. The molecule has 0 saturated carbocycles. The Hall–Kier alpha value is -1.63. The SMILES string of the molecule is Nc1cc(C(=O)Nc2cc(C(F)(F)F)ccc2Cl)c(Cl)cc1Cl. The Morgan fingerprint density at radius 3 is 2.26 bits per heavy atom. The van der Waals surface area contributed by atoms with Gasteiger partial charge in [0.05, 0.1) is 37.6 Å². The number of nitrogens with one attached hydrogen (secondary N) is 1. The summed E-state index contributed by atoms with van der Waals surface area (Å²) in [5.41, 5.74) is 4.51. The second kappa shape index (κ2) is 6.47. The molecule has 122 valence electrons. The first kappa shape index (κ1) is 17.7. The van der Waals surface area contributed by atoms with Crippen molar-refractivity contribution in [2.45, 2.75) is 6.18 Å². The maximum absolute atomic E-state index is 12.7. The van der Waals surface area contributed by atoms with Crippen molar-refractivity contribution >= 4 is 52.1 Å². The second-order valence-corrected chi connectivity index (χ2v) is 5.72. The zero-order chi connectivity index (χ0) is 17.4. The first-order valence-electron chi connectivity index (χ1n) is 6.02. The Morgan fingerprint density at radius 1 is 1.00 bits per heavy atom. The third-order valence-electron chi connectivity index (χ3n) is 2.87. The van der Waals surface area contributed by atoms with Crippen molar-refractivity contribution in [3.05, 3.63) is 56.5 Å². The summed E-state index contributed by atoms with van der Waals surface area (Å²) < 4.78 is 38.1. The lowest BCUT2D eigenvalue weighted by Crippen LogP contribution is -2.14. The molecule has 0 bridgehead atoms. The van der Waals surface area contributed by atoms with E-state index in [1.807, 2.05) is 0 Å². The smallest absolute Gasteiger partial charge is 0.398 e. The number of carbonyl (C=O) groups is 1. The van der Waals surface area contributed by atoms with Crippen LogP contribution in [0.25, 0.3) is 0 Å². The number of rotatable bonds is 2. The summed E-state index contributed by atoms with van der Waals surface area (Å²) in [5.74, 6) is -0.764. The fourth-order valence-corrected chi connectivity index (χ4v) is 2.36. The third kappa shape index (κ3) is 4.02. The summed E-state index contributed by atoms with van der Waals surface area (Å²) in [5, 5.41) is 2.38. The molecular weight excluding hydrogens is 376 g/mol. The van der Waals surface area contributed by atoms with Crippen LogP contribution in [0.3, 0.4) is 0 Å². The Bertz CT molecular complexity index is 779. The van der Waals surface area contributed by atoms with Gasteiger partial charge in [0.2, 0.25) is 0 Å². The molecule has 2 aromatic carbocycles. The Balaban J connectivity index is 2.36. The first-order chi connectivity index (χ1) is 10.6. The minimum atomic E-state index is -4.56. The predicted octanol–water partition coefficient (Wildman–Crippen LogP) is 5.50. The van der Waals surface area contributed by atoms with E-state index in [1.165, 1.54) is 12.1 Å². The van der Waals surface area contributed by atoms with Gasteiger partial charge in [-0.05, 0) is 30.3 Å². The maximum atomic E-state index is 12.7. The molecule has 0 aliphatic carbocycles. The number of nitrogens with two attached hydrogens (primary N) is 1. The van der Waals surface area contributed by atoms with Gasteiger partial charge in [-0.1, -0.05) is 34.8 Å². The van der Waals surface area contributed by atoms with Gasteiger partial charge < -0.3 is 11.1 Å². The van der Waals surface area contributed by atoms with Crippen molar-refractivity contribution in [3.8, 4) is 0 Å². The largest absolute Gasteiger partial charge is 0.416 e. The average molecular weight is 384 g/mol. The number of hydrogen-bond donors (Lipinski definition) is 2. The lowest BCUT2D eigenvalue weighted by atomic mass is 10.1. The van der Waals surface area contributed by atoms with Gasteiger partial charge in [-0.2, -0.15) is 13.2 Å². The highest BCUT2D eigenvalue weighted by Crippen LogP contribution is 2.34. The van der Waals surface area contributed by atoms with Gasteiger partial charge >= 0.3 is 6.18 Å². The van der Waals surface area contributed by atoms with Gasteiger partial charge in [-0.25, -0.2) is 0 Å². The topological polar surface area (TPSA) is 55.1 Å². The molecule has 0 saturated heterocycles. The van der Waals surface area contributed by atoms with E-state index in [0.717, 1.165) is 18.2 Å². The quantitative estimate of drug-likeness (QED) is 0.673. The van der Waals surface area contributed by atoms with Crippen LogP contribution < -0.4 is 11.1 Å². The Kier molecular flexibility index (Phi) is 4.98. The van der Waals surface area contributed by atoms with Crippen molar-refractivity contribution in [2.24, 2.45) is 0 Å². The molecule has 23 heavy (non-hydrogen) atoms. The molecule has 0 heterocycles. The maximum Gasteiger partial charge on any atom is 0.416 e. The summed E-state index contributed by atoms with van der Waals surface area (Å²) in [6, 6.07) is 5.07. The molecule has 0 radical (unpaired) electrons. The highest BCUT2D eigenvalue weighted by Gasteiger charge is 2.31. The highest BCUT2D eigenvalue weighted by atomic mass is 35.5. The molecule has 2 aromatic rings. The van der Waals surface area contributed by atoms with Crippen molar-refractivity contribution in [1.29, 1.82) is 0 Å². The first-order valence-corrected chi connectivity index (χ1v) is 7.15. The van der Waals surface area contributed by atoms with E-state index in [9.17, 15) is 18.0 Å². The fraction of sp³-hybridized carbons (Fsp3) is 0.0714. The van der Waals surface area contributed by atoms with Crippen LogP contribution in [0.2, 0.25) is 15.1 Å². The monoisotopic (exact) mass is 382 g/mol. The van der Waals surface area contributed by atoms with Crippen molar-refractivity contribution in [2.75, 3.05) is 11.1 Å². The number of anilines is 2. The van der Waals surface area contributed by atoms with Crippen LogP contribution in [-0.2, 0) is 6.18 Å². The van der Waals surface area contributed by atoms with Crippen molar-refractivity contribution < 1.29 is 18.0 Å². The summed E-state index contributed by atoms with van der Waals surface area (Å²) in [4.78, 5) is 12.2. The molecule has 2 rings (SSSR count). The van der Waals surface area contributed by atoms with E-state index in [0.29, 0.717) is 0 Å². The molecule has 0 atom stereocenters. The summed E-state index contributed by atoms with van der Waals surface area (Å²) in [6.45, 7) is 0. The summed E-state index contributed by atoms with van der Waals surface area (Å²) >= 11 is 17.5. The van der Waals surface area contributed by atoms with E-state index in [1.54, 1.807) is 0 Å². The van der Waals surface area contributed by atoms with Gasteiger partial charge in [-0.15, -0.1) is 0 Å².